The molecule has 4 nitrogen and oxygen atoms in total. The molecule has 15 heavy (non-hydrogen) atoms. The summed E-state index contributed by atoms with van der Waals surface area (Å²) < 4.78 is 5.25. The highest BCUT2D eigenvalue weighted by Crippen LogP contribution is 2.26. The minimum Gasteiger partial charge on any atom is -0.339 e. The Kier molecular flexibility index (Phi) is 3.50. The summed E-state index contributed by atoms with van der Waals surface area (Å²) in [6.45, 7) is 10.4. The van der Waals surface area contributed by atoms with Crippen molar-refractivity contribution in [2.24, 2.45) is 11.7 Å². The lowest BCUT2D eigenvalue weighted by molar-refractivity contribution is 0.297. The van der Waals surface area contributed by atoms with Gasteiger partial charge in [-0.2, -0.15) is 4.98 Å². The monoisotopic (exact) mass is 211 g/mol. The van der Waals surface area contributed by atoms with E-state index in [4.69, 9.17) is 10.3 Å². The molecule has 1 heterocycles. The molecule has 1 aromatic heterocycles. The van der Waals surface area contributed by atoms with Gasteiger partial charge in [-0.15, -0.1) is 0 Å². The molecule has 0 aromatic carbocycles. The van der Waals surface area contributed by atoms with Crippen LogP contribution in [0.4, 0.5) is 0 Å². The van der Waals surface area contributed by atoms with Gasteiger partial charge in [-0.05, 0) is 12.3 Å². The average molecular weight is 211 g/mol. The fraction of sp³-hybridized carbons (Fsp3) is 0.818. The van der Waals surface area contributed by atoms with Crippen molar-refractivity contribution in [1.82, 2.24) is 10.1 Å². The molecule has 0 spiro atoms. The van der Waals surface area contributed by atoms with Crippen LogP contribution in [0.1, 0.15) is 58.8 Å². The molecule has 1 unspecified atom stereocenters. The van der Waals surface area contributed by atoms with Crippen molar-refractivity contribution in [3.8, 4) is 0 Å². The van der Waals surface area contributed by atoms with Gasteiger partial charge in [0.2, 0.25) is 5.89 Å². The van der Waals surface area contributed by atoms with Gasteiger partial charge in [0.1, 0.15) is 0 Å². The highest BCUT2D eigenvalue weighted by molar-refractivity contribution is 5.02. The van der Waals surface area contributed by atoms with E-state index in [9.17, 15) is 0 Å². The average Bonchev–Trinajstić information content (AvgIpc) is 2.65. The number of hydrogen-bond acceptors (Lipinski definition) is 4. The summed E-state index contributed by atoms with van der Waals surface area (Å²) in [4.78, 5) is 4.37. The van der Waals surface area contributed by atoms with Gasteiger partial charge in [0, 0.05) is 5.41 Å². The van der Waals surface area contributed by atoms with Gasteiger partial charge in [0.25, 0.3) is 0 Å². The number of rotatable bonds is 4. The molecule has 86 valence electrons. The molecule has 0 fully saturated rings. The van der Waals surface area contributed by atoms with E-state index in [1.54, 1.807) is 0 Å². The SMILES string of the molecule is CCC(C)(C)c1nc(C(N)C(C)C)no1. The van der Waals surface area contributed by atoms with Crippen LogP contribution in [-0.4, -0.2) is 10.1 Å². The molecular formula is C11H21N3O. The van der Waals surface area contributed by atoms with Gasteiger partial charge in [-0.25, -0.2) is 0 Å². The van der Waals surface area contributed by atoms with E-state index in [-0.39, 0.29) is 11.5 Å². The van der Waals surface area contributed by atoms with E-state index >= 15 is 0 Å². The second kappa shape index (κ2) is 4.31. The van der Waals surface area contributed by atoms with E-state index in [1.165, 1.54) is 0 Å². The van der Waals surface area contributed by atoms with Crippen LogP contribution in [0.2, 0.25) is 0 Å². The minimum atomic E-state index is -0.143. The maximum absolute atomic E-state index is 5.95. The third-order valence-corrected chi connectivity index (χ3v) is 2.92. The van der Waals surface area contributed by atoms with Crippen molar-refractivity contribution in [2.75, 3.05) is 0 Å². The zero-order chi connectivity index (χ0) is 11.6. The maximum atomic E-state index is 5.95. The summed E-state index contributed by atoms with van der Waals surface area (Å²) in [6.07, 6.45) is 0.964. The Hall–Kier alpha value is -0.900. The maximum Gasteiger partial charge on any atom is 0.232 e. The van der Waals surface area contributed by atoms with Gasteiger partial charge >= 0.3 is 0 Å². The smallest absolute Gasteiger partial charge is 0.232 e. The normalized spacial score (nSPS) is 14.6. The van der Waals surface area contributed by atoms with Crippen molar-refractivity contribution in [1.29, 1.82) is 0 Å². The molecule has 0 bridgehead atoms. The van der Waals surface area contributed by atoms with E-state index in [1.807, 2.05) is 13.8 Å². The van der Waals surface area contributed by atoms with Gasteiger partial charge in [0.05, 0.1) is 6.04 Å². The van der Waals surface area contributed by atoms with Crippen LogP contribution in [0.15, 0.2) is 4.52 Å². The quantitative estimate of drug-likeness (QED) is 0.830. The standard InChI is InChI=1S/C11H21N3O/c1-6-11(4,5)10-13-9(14-15-10)8(12)7(2)3/h7-8H,6,12H2,1-5H3. The number of nitrogens with zero attached hydrogens (tertiary/aromatic N) is 2. The summed E-state index contributed by atoms with van der Waals surface area (Å²) in [5.74, 6) is 1.61. The Morgan fingerprint density at radius 1 is 1.40 bits per heavy atom. The van der Waals surface area contributed by atoms with E-state index in [0.29, 0.717) is 17.6 Å². The predicted molar refractivity (Wildman–Crippen MR) is 59.4 cm³/mol. The molecule has 0 aliphatic heterocycles. The summed E-state index contributed by atoms with van der Waals surface area (Å²) in [5.41, 5.74) is 5.88. The summed E-state index contributed by atoms with van der Waals surface area (Å²) >= 11 is 0. The van der Waals surface area contributed by atoms with Crippen LogP contribution in [0, 0.1) is 5.92 Å². The van der Waals surface area contributed by atoms with Crippen molar-refractivity contribution in [3.63, 3.8) is 0 Å². The highest BCUT2D eigenvalue weighted by atomic mass is 16.5. The molecule has 0 aliphatic carbocycles. The number of aromatic nitrogens is 2. The summed E-state index contributed by atoms with van der Waals surface area (Å²) in [6, 6.07) is -0.143. The molecule has 2 N–H and O–H groups in total. The summed E-state index contributed by atoms with van der Waals surface area (Å²) in [7, 11) is 0. The molecule has 1 rings (SSSR count). The van der Waals surface area contributed by atoms with Crippen molar-refractivity contribution in [3.05, 3.63) is 11.7 Å². The van der Waals surface area contributed by atoms with E-state index < -0.39 is 0 Å². The van der Waals surface area contributed by atoms with Crippen LogP contribution >= 0.6 is 0 Å². The molecule has 0 saturated carbocycles. The lowest BCUT2D eigenvalue weighted by Gasteiger charge is -2.16. The largest absolute Gasteiger partial charge is 0.339 e. The lowest BCUT2D eigenvalue weighted by Crippen LogP contribution is -2.20. The van der Waals surface area contributed by atoms with Crippen LogP contribution < -0.4 is 5.73 Å². The molecule has 1 aromatic rings. The fourth-order valence-corrected chi connectivity index (χ4v) is 1.09. The van der Waals surface area contributed by atoms with Gasteiger partial charge in [0.15, 0.2) is 5.82 Å². The molecular weight excluding hydrogens is 190 g/mol. The number of hydrogen-bond donors (Lipinski definition) is 1. The molecule has 0 radical (unpaired) electrons. The molecule has 1 atom stereocenters. The van der Waals surface area contributed by atoms with Crippen LogP contribution in [0.3, 0.4) is 0 Å². The van der Waals surface area contributed by atoms with Gasteiger partial charge in [-0.3, -0.25) is 0 Å². The minimum absolute atomic E-state index is 0.0675. The Bertz CT molecular complexity index is 317. The zero-order valence-electron chi connectivity index (χ0n) is 10.2. The molecule has 0 saturated heterocycles. The molecule has 4 heteroatoms. The second-order valence-electron chi connectivity index (χ2n) is 4.96. The Morgan fingerprint density at radius 2 is 2.00 bits per heavy atom. The first-order valence-electron chi connectivity index (χ1n) is 5.48. The van der Waals surface area contributed by atoms with Crippen LogP contribution in [0.25, 0.3) is 0 Å². The zero-order valence-corrected chi connectivity index (χ0v) is 10.2. The van der Waals surface area contributed by atoms with Gasteiger partial charge < -0.3 is 10.3 Å². The van der Waals surface area contributed by atoms with E-state index in [0.717, 1.165) is 6.42 Å². The first-order valence-corrected chi connectivity index (χ1v) is 5.48. The van der Waals surface area contributed by atoms with Crippen LogP contribution in [-0.2, 0) is 5.41 Å². The van der Waals surface area contributed by atoms with E-state index in [2.05, 4.69) is 30.9 Å². The van der Waals surface area contributed by atoms with Gasteiger partial charge in [-0.1, -0.05) is 39.8 Å². The fourth-order valence-electron chi connectivity index (χ4n) is 1.09. The van der Waals surface area contributed by atoms with Crippen molar-refractivity contribution >= 4 is 0 Å². The number of nitrogens with two attached hydrogens (primary N) is 1. The predicted octanol–water partition coefficient (Wildman–Crippen LogP) is 2.41. The molecule has 0 amide bonds. The van der Waals surface area contributed by atoms with Crippen LogP contribution in [0.5, 0.6) is 0 Å². The first-order chi connectivity index (χ1) is 6.88. The third kappa shape index (κ3) is 2.56. The Balaban J connectivity index is 2.90. The molecule has 0 aliphatic rings. The highest BCUT2D eigenvalue weighted by Gasteiger charge is 2.27. The lowest BCUT2D eigenvalue weighted by atomic mass is 9.90. The topological polar surface area (TPSA) is 64.9 Å². The van der Waals surface area contributed by atoms with Crippen molar-refractivity contribution in [2.45, 2.75) is 52.5 Å². The third-order valence-electron chi connectivity index (χ3n) is 2.92. The Morgan fingerprint density at radius 3 is 2.47 bits per heavy atom. The van der Waals surface area contributed by atoms with Crippen molar-refractivity contribution < 1.29 is 4.52 Å². The second-order valence-corrected chi connectivity index (χ2v) is 4.96. The Labute approximate surface area is 91.2 Å². The first kappa shape index (κ1) is 12.2. The summed E-state index contributed by atoms with van der Waals surface area (Å²) in [5, 5.41) is 3.94.